The van der Waals surface area contributed by atoms with E-state index in [1.165, 1.54) is 12.8 Å². The number of carbonyl (C=O) groups excluding carboxylic acids is 1. The maximum absolute atomic E-state index is 12.7. The second-order valence-corrected chi connectivity index (χ2v) is 6.34. The lowest BCUT2D eigenvalue weighted by Crippen LogP contribution is -2.18. The van der Waals surface area contributed by atoms with E-state index in [2.05, 4.69) is 15.4 Å². The topological polar surface area (TPSA) is 73.0 Å². The van der Waals surface area contributed by atoms with Crippen LogP contribution in [0.2, 0.25) is 0 Å². The molecule has 6 nitrogen and oxygen atoms in total. The molecule has 6 heteroatoms. The van der Waals surface area contributed by atoms with Gasteiger partial charge in [-0.3, -0.25) is 4.79 Å². The standard InChI is InChI=1S/C19H20N4O2/c1-13-17(22-19(25-13)14-7-3-2-4-8-14)18(24)21-16-11-12-20-23(16)15-9-5-6-10-15/h2-4,7-8,11-12,15H,5-6,9-10H2,1H3,(H,21,24). The Morgan fingerprint density at radius 1 is 1.20 bits per heavy atom. The molecule has 1 amide bonds. The number of rotatable bonds is 4. The summed E-state index contributed by atoms with van der Waals surface area (Å²) >= 11 is 0. The Kier molecular flexibility index (Phi) is 4.09. The third kappa shape index (κ3) is 3.07. The highest BCUT2D eigenvalue weighted by Gasteiger charge is 2.23. The summed E-state index contributed by atoms with van der Waals surface area (Å²) in [7, 11) is 0. The predicted molar refractivity (Wildman–Crippen MR) is 94.4 cm³/mol. The normalized spacial score (nSPS) is 14.8. The van der Waals surface area contributed by atoms with Crippen LogP contribution in [0.3, 0.4) is 0 Å². The number of benzene rings is 1. The number of hydrogen-bond acceptors (Lipinski definition) is 4. The average molecular weight is 336 g/mol. The van der Waals surface area contributed by atoms with E-state index in [0.717, 1.165) is 18.4 Å². The number of anilines is 1. The first-order valence-electron chi connectivity index (χ1n) is 8.60. The molecule has 1 aliphatic rings. The molecule has 0 unspecified atom stereocenters. The van der Waals surface area contributed by atoms with Crippen LogP contribution in [-0.4, -0.2) is 20.7 Å². The molecule has 1 saturated carbocycles. The Morgan fingerprint density at radius 3 is 2.72 bits per heavy atom. The van der Waals surface area contributed by atoms with Crippen LogP contribution in [0.15, 0.2) is 47.0 Å². The fraction of sp³-hybridized carbons (Fsp3) is 0.316. The number of hydrogen-bond donors (Lipinski definition) is 1. The number of aryl methyl sites for hydroxylation is 1. The molecule has 0 atom stereocenters. The molecule has 1 fully saturated rings. The molecule has 2 aromatic heterocycles. The molecule has 3 aromatic rings. The van der Waals surface area contributed by atoms with Gasteiger partial charge in [0.05, 0.1) is 12.2 Å². The molecule has 0 saturated heterocycles. The van der Waals surface area contributed by atoms with Crippen LogP contribution in [0.4, 0.5) is 5.82 Å². The number of aromatic nitrogens is 3. The molecule has 0 aliphatic heterocycles. The lowest BCUT2D eigenvalue weighted by atomic mass is 10.2. The van der Waals surface area contributed by atoms with Crippen molar-refractivity contribution in [3.63, 3.8) is 0 Å². The summed E-state index contributed by atoms with van der Waals surface area (Å²) in [5.74, 6) is 1.39. The van der Waals surface area contributed by atoms with Gasteiger partial charge < -0.3 is 9.73 Å². The van der Waals surface area contributed by atoms with E-state index in [9.17, 15) is 4.79 Å². The Labute approximate surface area is 145 Å². The minimum atomic E-state index is -0.275. The van der Waals surface area contributed by atoms with Gasteiger partial charge in [0.15, 0.2) is 5.69 Å². The molecule has 128 valence electrons. The number of carbonyl (C=O) groups is 1. The molecule has 1 aromatic carbocycles. The maximum Gasteiger partial charge on any atom is 0.279 e. The molecule has 25 heavy (non-hydrogen) atoms. The third-order valence-electron chi connectivity index (χ3n) is 4.61. The molecule has 2 heterocycles. The zero-order valence-electron chi connectivity index (χ0n) is 14.1. The van der Waals surface area contributed by atoms with E-state index in [1.807, 2.05) is 41.1 Å². The number of nitrogens with zero attached hydrogens (tertiary/aromatic N) is 3. The summed E-state index contributed by atoms with van der Waals surface area (Å²) in [6, 6.07) is 11.7. The van der Waals surface area contributed by atoms with E-state index >= 15 is 0 Å². The maximum atomic E-state index is 12.7. The number of amides is 1. The van der Waals surface area contributed by atoms with E-state index in [4.69, 9.17) is 4.42 Å². The summed E-state index contributed by atoms with van der Waals surface area (Å²) in [5.41, 5.74) is 1.15. The van der Waals surface area contributed by atoms with Gasteiger partial charge in [0.1, 0.15) is 11.6 Å². The van der Waals surface area contributed by atoms with Crippen molar-refractivity contribution in [1.29, 1.82) is 0 Å². The van der Waals surface area contributed by atoms with Crippen molar-refractivity contribution >= 4 is 11.7 Å². The summed E-state index contributed by atoms with van der Waals surface area (Å²) in [4.78, 5) is 17.0. The van der Waals surface area contributed by atoms with Crippen LogP contribution >= 0.6 is 0 Å². The summed E-state index contributed by atoms with van der Waals surface area (Å²) in [5, 5.41) is 7.31. The molecule has 0 radical (unpaired) electrons. The molecule has 1 N–H and O–H groups in total. The average Bonchev–Trinajstić information content (AvgIpc) is 3.35. The van der Waals surface area contributed by atoms with Crippen LogP contribution in [0.1, 0.15) is 48.0 Å². The van der Waals surface area contributed by atoms with Gasteiger partial charge in [-0.1, -0.05) is 31.0 Å². The molecular weight excluding hydrogens is 316 g/mol. The predicted octanol–water partition coefficient (Wildman–Crippen LogP) is 4.21. The highest BCUT2D eigenvalue weighted by molar-refractivity contribution is 6.03. The summed E-state index contributed by atoms with van der Waals surface area (Å²) in [6.45, 7) is 1.75. The second-order valence-electron chi connectivity index (χ2n) is 6.34. The summed E-state index contributed by atoms with van der Waals surface area (Å²) in [6.07, 6.45) is 6.35. The first-order valence-corrected chi connectivity index (χ1v) is 8.60. The zero-order chi connectivity index (χ0) is 17.2. The van der Waals surface area contributed by atoms with Gasteiger partial charge in [-0.15, -0.1) is 0 Å². The van der Waals surface area contributed by atoms with E-state index < -0.39 is 0 Å². The Bertz CT molecular complexity index is 876. The van der Waals surface area contributed by atoms with Crippen molar-refractivity contribution in [1.82, 2.24) is 14.8 Å². The van der Waals surface area contributed by atoms with Gasteiger partial charge in [-0.25, -0.2) is 9.67 Å². The largest absolute Gasteiger partial charge is 0.441 e. The molecule has 1 aliphatic carbocycles. The van der Waals surface area contributed by atoms with E-state index in [0.29, 0.717) is 29.2 Å². The highest BCUT2D eigenvalue weighted by Crippen LogP contribution is 2.31. The molecular formula is C19H20N4O2. The van der Waals surface area contributed by atoms with Gasteiger partial charge in [-0.05, 0) is 31.9 Å². The van der Waals surface area contributed by atoms with Crippen molar-refractivity contribution < 1.29 is 9.21 Å². The zero-order valence-corrected chi connectivity index (χ0v) is 14.1. The first-order chi connectivity index (χ1) is 12.2. The van der Waals surface area contributed by atoms with Crippen LogP contribution in [0.5, 0.6) is 0 Å². The van der Waals surface area contributed by atoms with Crippen LogP contribution < -0.4 is 5.32 Å². The van der Waals surface area contributed by atoms with Crippen molar-refractivity contribution in [2.75, 3.05) is 5.32 Å². The van der Waals surface area contributed by atoms with Crippen LogP contribution in [0.25, 0.3) is 11.5 Å². The first kappa shape index (κ1) is 15.6. The van der Waals surface area contributed by atoms with E-state index in [-0.39, 0.29) is 5.91 Å². The quantitative estimate of drug-likeness (QED) is 0.774. The Morgan fingerprint density at radius 2 is 1.96 bits per heavy atom. The highest BCUT2D eigenvalue weighted by atomic mass is 16.4. The van der Waals surface area contributed by atoms with Gasteiger partial charge in [0.25, 0.3) is 5.91 Å². The van der Waals surface area contributed by atoms with Gasteiger partial charge >= 0.3 is 0 Å². The van der Waals surface area contributed by atoms with Crippen LogP contribution in [-0.2, 0) is 0 Å². The lowest BCUT2D eigenvalue weighted by molar-refractivity contribution is 0.102. The van der Waals surface area contributed by atoms with Gasteiger partial charge in [0, 0.05) is 11.6 Å². The van der Waals surface area contributed by atoms with Gasteiger partial charge in [-0.2, -0.15) is 5.10 Å². The minimum absolute atomic E-state index is 0.275. The van der Waals surface area contributed by atoms with Crippen molar-refractivity contribution in [3.8, 4) is 11.5 Å². The molecule has 0 bridgehead atoms. The fourth-order valence-electron chi connectivity index (χ4n) is 3.34. The lowest BCUT2D eigenvalue weighted by Gasteiger charge is -2.14. The molecule has 0 spiro atoms. The van der Waals surface area contributed by atoms with Crippen molar-refractivity contribution in [2.45, 2.75) is 38.6 Å². The Balaban J connectivity index is 1.56. The van der Waals surface area contributed by atoms with Crippen LogP contribution in [0, 0.1) is 6.92 Å². The smallest absolute Gasteiger partial charge is 0.279 e. The van der Waals surface area contributed by atoms with Gasteiger partial charge in [0.2, 0.25) is 5.89 Å². The second kappa shape index (κ2) is 6.55. The summed E-state index contributed by atoms with van der Waals surface area (Å²) < 4.78 is 7.59. The fourth-order valence-corrected chi connectivity index (χ4v) is 3.34. The number of nitrogens with one attached hydrogen (secondary N) is 1. The monoisotopic (exact) mass is 336 g/mol. The SMILES string of the molecule is Cc1oc(-c2ccccc2)nc1C(=O)Nc1ccnn1C1CCCC1. The molecule has 4 rings (SSSR count). The number of oxazole rings is 1. The Hall–Kier alpha value is -2.89. The third-order valence-corrected chi connectivity index (χ3v) is 4.61. The van der Waals surface area contributed by atoms with Crippen molar-refractivity contribution in [3.05, 3.63) is 54.0 Å². The van der Waals surface area contributed by atoms with E-state index in [1.54, 1.807) is 13.1 Å². The van der Waals surface area contributed by atoms with Crippen molar-refractivity contribution in [2.24, 2.45) is 0 Å². The minimum Gasteiger partial charge on any atom is -0.441 e.